The van der Waals surface area contributed by atoms with Crippen LogP contribution in [0.3, 0.4) is 0 Å². The van der Waals surface area contributed by atoms with Gasteiger partial charge in [-0.2, -0.15) is 8.42 Å². The Morgan fingerprint density at radius 1 is 0.917 bits per heavy atom. The molecule has 0 aliphatic carbocycles. The number of hydrogen-bond donors (Lipinski definition) is 1. The van der Waals surface area contributed by atoms with E-state index in [1.165, 1.54) is 12.1 Å². The van der Waals surface area contributed by atoms with Crippen LogP contribution in [0.25, 0.3) is 0 Å². The molecule has 0 aliphatic rings. The van der Waals surface area contributed by atoms with Gasteiger partial charge in [0.15, 0.2) is 0 Å². The van der Waals surface area contributed by atoms with Crippen molar-refractivity contribution >= 4 is 10.1 Å². The summed E-state index contributed by atoms with van der Waals surface area (Å²) in [4.78, 5) is -0.0666. The van der Waals surface area contributed by atoms with Crippen molar-refractivity contribution in [2.75, 3.05) is 13.2 Å². The summed E-state index contributed by atoms with van der Waals surface area (Å²) in [6.07, 6.45) is 15.9. The van der Waals surface area contributed by atoms with Crippen molar-refractivity contribution in [1.29, 1.82) is 0 Å². The van der Waals surface area contributed by atoms with Gasteiger partial charge in [0.1, 0.15) is 0 Å². The van der Waals surface area contributed by atoms with Crippen molar-refractivity contribution < 1.29 is 17.7 Å². The predicted molar refractivity (Wildman–Crippen MR) is 99.7 cm³/mol. The number of allylic oxidation sites excluding steroid dienone is 6. The van der Waals surface area contributed by atoms with Crippen molar-refractivity contribution in [3.8, 4) is 0 Å². The second-order valence-electron chi connectivity index (χ2n) is 4.73. The third-order valence-corrected chi connectivity index (χ3v) is 3.49. The number of hydrogen-bond acceptors (Lipinski definition) is 3. The maximum Gasteiger partial charge on any atom is 0.294 e. The molecule has 0 aliphatic heterocycles. The summed E-state index contributed by atoms with van der Waals surface area (Å²) in [5, 5.41) is 0. The van der Waals surface area contributed by atoms with E-state index in [1.807, 2.05) is 69.4 Å². The third kappa shape index (κ3) is 12.6. The summed E-state index contributed by atoms with van der Waals surface area (Å²) in [7, 11) is -4.02. The van der Waals surface area contributed by atoms with Crippen molar-refractivity contribution in [3.05, 3.63) is 78.4 Å². The fourth-order valence-electron chi connectivity index (χ4n) is 1.40. The third-order valence-electron chi connectivity index (χ3n) is 2.63. The molecule has 1 N–H and O–H groups in total. The number of rotatable bonds is 7. The minimum atomic E-state index is -4.02. The van der Waals surface area contributed by atoms with E-state index in [-0.39, 0.29) is 4.90 Å². The summed E-state index contributed by atoms with van der Waals surface area (Å²) in [5.74, 6) is 0. The molecule has 0 unspecified atom stereocenters. The van der Waals surface area contributed by atoms with Gasteiger partial charge >= 0.3 is 0 Å². The lowest BCUT2D eigenvalue weighted by Crippen LogP contribution is -1.96. The van der Waals surface area contributed by atoms with Gasteiger partial charge in [0.2, 0.25) is 0 Å². The van der Waals surface area contributed by atoms with Gasteiger partial charge in [-0.1, -0.05) is 66.3 Å². The molecule has 0 radical (unpaired) electrons. The van der Waals surface area contributed by atoms with Crippen LogP contribution in [0.5, 0.6) is 0 Å². The fraction of sp³-hybridized carbons (Fsp3) is 0.263. The largest absolute Gasteiger partial charge is 0.373 e. The minimum absolute atomic E-state index is 0.0666. The van der Waals surface area contributed by atoms with Crippen LogP contribution in [0.1, 0.15) is 19.4 Å². The Balaban J connectivity index is 0.000000446. The molecule has 0 aromatic heterocycles. The van der Waals surface area contributed by atoms with E-state index >= 15 is 0 Å². The van der Waals surface area contributed by atoms with E-state index in [0.717, 1.165) is 5.56 Å². The van der Waals surface area contributed by atoms with E-state index in [1.54, 1.807) is 12.1 Å². The lowest BCUT2D eigenvalue weighted by Gasteiger charge is -1.95. The molecule has 5 heteroatoms. The van der Waals surface area contributed by atoms with Gasteiger partial charge in [-0.3, -0.25) is 4.55 Å². The highest BCUT2D eigenvalue weighted by molar-refractivity contribution is 7.85. The molecule has 0 atom stereocenters. The summed E-state index contributed by atoms with van der Waals surface area (Å²) in [6, 6.07) is 5.99. The first kappa shape index (κ1) is 22.1. The van der Waals surface area contributed by atoms with Crippen LogP contribution in [-0.2, 0) is 14.9 Å². The van der Waals surface area contributed by atoms with E-state index in [2.05, 4.69) is 0 Å². The van der Waals surface area contributed by atoms with Crippen molar-refractivity contribution in [2.24, 2.45) is 0 Å². The Morgan fingerprint density at radius 3 is 1.75 bits per heavy atom. The molecule has 0 heterocycles. The van der Waals surface area contributed by atoms with Crippen LogP contribution in [0.15, 0.2) is 77.8 Å². The molecular formula is C19H26O4S. The normalized spacial score (nSPS) is 12.3. The molecule has 0 fully saturated rings. The molecular weight excluding hydrogens is 324 g/mol. The average Bonchev–Trinajstić information content (AvgIpc) is 2.53. The second-order valence-corrected chi connectivity index (χ2v) is 6.15. The molecule has 4 nitrogen and oxygen atoms in total. The molecule has 0 saturated heterocycles. The molecule has 0 amide bonds. The van der Waals surface area contributed by atoms with Crippen LogP contribution in [0.2, 0.25) is 0 Å². The highest BCUT2D eigenvalue weighted by Gasteiger charge is 2.06. The number of ether oxygens (including phenoxy) is 1. The zero-order valence-corrected chi connectivity index (χ0v) is 15.2. The maximum absolute atomic E-state index is 10.5. The molecule has 132 valence electrons. The molecule has 1 rings (SSSR count). The lowest BCUT2D eigenvalue weighted by atomic mass is 10.2. The van der Waals surface area contributed by atoms with Gasteiger partial charge in [-0.05, 0) is 32.9 Å². The molecule has 1 aromatic carbocycles. The van der Waals surface area contributed by atoms with Gasteiger partial charge in [0.05, 0.1) is 18.1 Å². The Hall–Kier alpha value is -1.95. The maximum atomic E-state index is 10.5. The Bertz CT molecular complexity index is 629. The predicted octanol–water partition coefficient (Wildman–Crippen LogP) is 4.51. The molecule has 24 heavy (non-hydrogen) atoms. The van der Waals surface area contributed by atoms with Gasteiger partial charge in [0.25, 0.3) is 10.1 Å². The SMILES string of the molecule is CC=CC=CCOCC=CC=CC.Cc1ccc(S(=O)(=O)O)cc1. The van der Waals surface area contributed by atoms with E-state index in [9.17, 15) is 8.42 Å². The summed E-state index contributed by atoms with van der Waals surface area (Å²) >= 11 is 0. The Kier molecular flexibility index (Phi) is 12.4. The zero-order chi connectivity index (χ0) is 18.3. The number of benzene rings is 1. The molecule has 1 aromatic rings. The molecule has 0 saturated carbocycles. The highest BCUT2D eigenvalue weighted by Crippen LogP contribution is 2.08. The Labute approximate surface area is 145 Å². The standard InChI is InChI=1S/C12H18O.C7H8O3S/c1-3-5-7-9-11-13-12-10-8-6-4-2;1-6-2-4-7(5-3-6)11(8,9)10/h3-10H,11-12H2,1-2H3;2-5H,1H3,(H,8,9,10). The first-order chi connectivity index (χ1) is 11.4. The molecule has 0 bridgehead atoms. The molecule has 0 spiro atoms. The lowest BCUT2D eigenvalue weighted by molar-refractivity contribution is 0.194. The van der Waals surface area contributed by atoms with E-state index in [4.69, 9.17) is 9.29 Å². The zero-order valence-electron chi connectivity index (χ0n) is 14.4. The first-order valence-electron chi connectivity index (χ1n) is 7.59. The van der Waals surface area contributed by atoms with Gasteiger partial charge < -0.3 is 4.74 Å². The smallest absolute Gasteiger partial charge is 0.294 e. The average molecular weight is 350 g/mol. The minimum Gasteiger partial charge on any atom is -0.373 e. The van der Waals surface area contributed by atoms with Crippen LogP contribution in [-0.4, -0.2) is 26.2 Å². The first-order valence-corrected chi connectivity index (χ1v) is 9.03. The van der Waals surface area contributed by atoms with Gasteiger partial charge in [0, 0.05) is 0 Å². The fourth-order valence-corrected chi connectivity index (χ4v) is 1.88. The Morgan fingerprint density at radius 2 is 1.38 bits per heavy atom. The van der Waals surface area contributed by atoms with Crippen molar-refractivity contribution in [1.82, 2.24) is 0 Å². The van der Waals surface area contributed by atoms with Crippen molar-refractivity contribution in [2.45, 2.75) is 25.7 Å². The summed E-state index contributed by atoms with van der Waals surface area (Å²) in [6.45, 7) is 7.17. The topological polar surface area (TPSA) is 63.6 Å². The van der Waals surface area contributed by atoms with Gasteiger partial charge in [-0.15, -0.1) is 0 Å². The summed E-state index contributed by atoms with van der Waals surface area (Å²) < 4.78 is 34.8. The summed E-state index contributed by atoms with van der Waals surface area (Å²) in [5.41, 5.74) is 0.956. The van der Waals surface area contributed by atoms with Crippen LogP contribution < -0.4 is 0 Å². The quantitative estimate of drug-likeness (QED) is 0.446. The van der Waals surface area contributed by atoms with E-state index in [0.29, 0.717) is 13.2 Å². The van der Waals surface area contributed by atoms with Crippen LogP contribution in [0.4, 0.5) is 0 Å². The second kappa shape index (κ2) is 13.5. The van der Waals surface area contributed by atoms with Gasteiger partial charge in [-0.25, -0.2) is 0 Å². The highest BCUT2D eigenvalue weighted by atomic mass is 32.2. The van der Waals surface area contributed by atoms with Crippen LogP contribution in [0, 0.1) is 6.92 Å². The monoisotopic (exact) mass is 350 g/mol. The van der Waals surface area contributed by atoms with Crippen molar-refractivity contribution in [3.63, 3.8) is 0 Å². The van der Waals surface area contributed by atoms with E-state index < -0.39 is 10.1 Å². The van der Waals surface area contributed by atoms with Crippen LogP contribution >= 0.6 is 0 Å². The number of aryl methyl sites for hydroxylation is 1.